The van der Waals surface area contributed by atoms with Crippen molar-refractivity contribution in [2.24, 2.45) is 0 Å². The number of esters is 1. The SMILES string of the molecule is O=C(O)c1cccc(C(=O)OOC(CCCO)OC(=O)c2cccc(C(=O)O)c2)c1. The second-order valence-corrected chi connectivity index (χ2v) is 5.94. The molecule has 2 aromatic carbocycles. The van der Waals surface area contributed by atoms with Gasteiger partial charge >= 0.3 is 23.9 Å². The van der Waals surface area contributed by atoms with E-state index in [1.807, 2.05) is 0 Å². The summed E-state index contributed by atoms with van der Waals surface area (Å²) in [7, 11) is 0. The summed E-state index contributed by atoms with van der Waals surface area (Å²) < 4.78 is 5.09. The van der Waals surface area contributed by atoms with Crippen molar-refractivity contribution >= 4 is 23.9 Å². The average Bonchev–Trinajstić information content (AvgIpc) is 2.75. The highest BCUT2D eigenvalue weighted by Crippen LogP contribution is 2.14. The minimum absolute atomic E-state index is 0.0245. The van der Waals surface area contributed by atoms with Crippen LogP contribution in [0.3, 0.4) is 0 Å². The Labute approximate surface area is 170 Å². The summed E-state index contributed by atoms with van der Waals surface area (Å²) in [4.78, 5) is 55.8. The van der Waals surface area contributed by atoms with E-state index in [4.69, 9.17) is 24.9 Å². The van der Waals surface area contributed by atoms with Crippen LogP contribution in [0.1, 0.15) is 54.3 Å². The number of aromatic carboxylic acids is 2. The Morgan fingerprint density at radius 1 is 0.800 bits per heavy atom. The molecule has 0 heterocycles. The second-order valence-electron chi connectivity index (χ2n) is 5.94. The molecule has 10 heteroatoms. The van der Waals surface area contributed by atoms with Gasteiger partial charge in [0.15, 0.2) is 0 Å². The third-order valence-electron chi connectivity index (χ3n) is 3.76. The van der Waals surface area contributed by atoms with Crippen LogP contribution in [0.15, 0.2) is 48.5 Å². The Balaban J connectivity index is 2.05. The number of aliphatic hydroxyl groups excluding tert-OH is 1. The van der Waals surface area contributed by atoms with Crippen molar-refractivity contribution in [3.8, 4) is 0 Å². The summed E-state index contributed by atoms with van der Waals surface area (Å²) in [5.74, 6) is -4.40. The van der Waals surface area contributed by atoms with E-state index in [0.717, 1.165) is 12.1 Å². The van der Waals surface area contributed by atoms with Crippen LogP contribution >= 0.6 is 0 Å². The molecular formula is C20H18O10. The molecule has 2 aromatic rings. The molecule has 0 aliphatic heterocycles. The average molecular weight is 418 g/mol. The lowest BCUT2D eigenvalue weighted by atomic mass is 10.1. The van der Waals surface area contributed by atoms with Crippen molar-refractivity contribution in [2.45, 2.75) is 19.1 Å². The van der Waals surface area contributed by atoms with Gasteiger partial charge in [0.05, 0.1) is 22.3 Å². The molecule has 0 fully saturated rings. The van der Waals surface area contributed by atoms with Crippen molar-refractivity contribution in [3.63, 3.8) is 0 Å². The lowest BCUT2D eigenvalue weighted by molar-refractivity contribution is -0.327. The van der Waals surface area contributed by atoms with Gasteiger partial charge in [-0.15, -0.1) is 4.89 Å². The van der Waals surface area contributed by atoms with E-state index >= 15 is 0 Å². The van der Waals surface area contributed by atoms with Gasteiger partial charge in [-0.1, -0.05) is 12.1 Å². The quantitative estimate of drug-likeness (QED) is 0.226. The van der Waals surface area contributed by atoms with Crippen molar-refractivity contribution in [2.75, 3.05) is 6.61 Å². The highest BCUT2D eigenvalue weighted by atomic mass is 17.2. The molecule has 30 heavy (non-hydrogen) atoms. The molecule has 0 saturated carbocycles. The smallest absolute Gasteiger partial charge is 0.373 e. The van der Waals surface area contributed by atoms with Crippen LogP contribution in [0.5, 0.6) is 0 Å². The standard InChI is InChI=1S/C20H18O10/c21-9-3-8-16(28-19(26)14-6-1-4-12(10-14)17(22)23)29-30-20(27)15-7-2-5-13(11-15)18(24)25/h1-2,4-7,10-11,16,21H,3,8-9H2,(H,22,23)(H,24,25). The Morgan fingerprint density at radius 2 is 1.30 bits per heavy atom. The lowest BCUT2D eigenvalue weighted by Gasteiger charge is -2.16. The first-order chi connectivity index (χ1) is 14.3. The van der Waals surface area contributed by atoms with E-state index < -0.39 is 30.2 Å². The monoisotopic (exact) mass is 418 g/mol. The lowest BCUT2D eigenvalue weighted by Crippen LogP contribution is -2.24. The van der Waals surface area contributed by atoms with Gasteiger partial charge in [-0.05, 0) is 42.8 Å². The van der Waals surface area contributed by atoms with Crippen LogP contribution in [0.4, 0.5) is 0 Å². The molecular weight excluding hydrogens is 400 g/mol. The Morgan fingerprint density at radius 3 is 1.80 bits per heavy atom. The van der Waals surface area contributed by atoms with E-state index in [1.54, 1.807) is 0 Å². The van der Waals surface area contributed by atoms with E-state index in [-0.39, 0.29) is 41.7 Å². The summed E-state index contributed by atoms with van der Waals surface area (Å²) in [6.07, 6.45) is -1.26. The summed E-state index contributed by atoms with van der Waals surface area (Å²) in [5.41, 5.74) is -0.419. The summed E-state index contributed by atoms with van der Waals surface area (Å²) in [6, 6.07) is 10.1. The molecule has 0 aliphatic rings. The Kier molecular flexibility index (Phi) is 8.03. The summed E-state index contributed by atoms with van der Waals surface area (Å²) >= 11 is 0. The first-order valence-corrected chi connectivity index (χ1v) is 8.68. The zero-order valence-corrected chi connectivity index (χ0v) is 15.5. The number of hydrogen-bond acceptors (Lipinski definition) is 8. The summed E-state index contributed by atoms with van der Waals surface area (Å²) in [5, 5.41) is 26.9. The van der Waals surface area contributed by atoms with Gasteiger partial charge in [-0.3, -0.25) is 4.89 Å². The number of benzene rings is 2. The van der Waals surface area contributed by atoms with Crippen LogP contribution in [0.2, 0.25) is 0 Å². The van der Waals surface area contributed by atoms with Crippen LogP contribution in [-0.4, -0.2) is 52.1 Å². The molecule has 158 valence electrons. The largest absolute Gasteiger partial charge is 0.478 e. The third-order valence-corrected chi connectivity index (χ3v) is 3.76. The minimum Gasteiger partial charge on any atom is -0.478 e. The number of ether oxygens (including phenoxy) is 1. The molecule has 0 bridgehead atoms. The molecule has 2 rings (SSSR count). The van der Waals surface area contributed by atoms with Gasteiger partial charge in [0, 0.05) is 13.0 Å². The molecule has 0 aliphatic carbocycles. The zero-order valence-electron chi connectivity index (χ0n) is 15.5. The minimum atomic E-state index is -1.38. The zero-order chi connectivity index (χ0) is 22.1. The molecule has 0 saturated heterocycles. The maximum Gasteiger partial charge on any atom is 0.373 e. The summed E-state index contributed by atoms with van der Waals surface area (Å²) in [6.45, 7) is -0.249. The molecule has 0 aromatic heterocycles. The van der Waals surface area contributed by atoms with Gasteiger partial charge in [0.1, 0.15) is 0 Å². The predicted octanol–water partition coefficient (Wildman–Crippen LogP) is 2.13. The third kappa shape index (κ3) is 6.40. The van der Waals surface area contributed by atoms with E-state index in [2.05, 4.69) is 4.89 Å². The van der Waals surface area contributed by atoms with Gasteiger partial charge in [0.25, 0.3) is 0 Å². The molecule has 1 unspecified atom stereocenters. The molecule has 1 atom stereocenters. The molecule has 0 radical (unpaired) electrons. The van der Waals surface area contributed by atoms with Crippen molar-refractivity contribution in [1.29, 1.82) is 0 Å². The van der Waals surface area contributed by atoms with Crippen molar-refractivity contribution in [1.82, 2.24) is 0 Å². The predicted molar refractivity (Wildman–Crippen MR) is 98.8 cm³/mol. The Hall–Kier alpha value is -3.76. The molecule has 3 N–H and O–H groups in total. The fraction of sp³-hybridized carbons (Fsp3) is 0.200. The number of carbonyl (C=O) groups excluding carboxylic acids is 2. The van der Waals surface area contributed by atoms with E-state index in [1.165, 1.54) is 36.4 Å². The molecule has 0 spiro atoms. The van der Waals surface area contributed by atoms with Crippen LogP contribution < -0.4 is 0 Å². The Bertz CT molecular complexity index is 937. The van der Waals surface area contributed by atoms with Gasteiger partial charge < -0.3 is 20.1 Å². The van der Waals surface area contributed by atoms with Crippen molar-refractivity contribution < 1.29 is 49.0 Å². The number of rotatable bonds is 10. The normalized spacial score (nSPS) is 11.4. The van der Waals surface area contributed by atoms with Crippen LogP contribution in [0, 0.1) is 0 Å². The number of hydrogen-bond donors (Lipinski definition) is 3. The number of carbonyl (C=O) groups is 4. The molecule has 0 amide bonds. The van der Waals surface area contributed by atoms with Crippen molar-refractivity contribution in [3.05, 3.63) is 70.8 Å². The maximum atomic E-state index is 12.3. The number of aliphatic hydroxyl groups is 1. The van der Waals surface area contributed by atoms with Crippen LogP contribution in [0.25, 0.3) is 0 Å². The number of carboxylic acids is 2. The van der Waals surface area contributed by atoms with Crippen LogP contribution in [-0.2, 0) is 14.5 Å². The highest BCUT2D eigenvalue weighted by molar-refractivity contribution is 5.95. The number of carboxylic acid groups (broad SMARTS) is 2. The van der Waals surface area contributed by atoms with Gasteiger partial charge in [-0.25, -0.2) is 19.2 Å². The topological polar surface area (TPSA) is 157 Å². The van der Waals surface area contributed by atoms with Gasteiger partial charge in [0.2, 0.25) is 6.29 Å². The first-order valence-electron chi connectivity index (χ1n) is 8.68. The fourth-order valence-corrected chi connectivity index (χ4v) is 2.28. The molecule has 10 nitrogen and oxygen atoms in total. The fourth-order valence-electron chi connectivity index (χ4n) is 2.28. The second kappa shape index (κ2) is 10.7. The maximum absolute atomic E-state index is 12.3. The highest BCUT2D eigenvalue weighted by Gasteiger charge is 2.21. The van der Waals surface area contributed by atoms with E-state index in [9.17, 15) is 19.2 Å². The van der Waals surface area contributed by atoms with E-state index in [0.29, 0.717) is 0 Å². The van der Waals surface area contributed by atoms with Gasteiger partial charge in [-0.2, -0.15) is 0 Å². The first kappa shape index (κ1) is 22.5.